The van der Waals surface area contributed by atoms with Crippen molar-refractivity contribution in [2.75, 3.05) is 0 Å². The summed E-state index contributed by atoms with van der Waals surface area (Å²) in [5, 5.41) is 9.06. The number of aryl methyl sites for hydroxylation is 1. The Hall–Kier alpha value is -3.00. The molecule has 0 bridgehead atoms. The van der Waals surface area contributed by atoms with Crippen LogP contribution in [0.2, 0.25) is 0 Å². The van der Waals surface area contributed by atoms with Crippen LogP contribution in [0.15, 0.2) is 45.8 Å². The van der Waals surface area contributed by atoms with Gasteiger partial charge >= 0.3 is 0 Å². The summed E-state index contributed by atoms with van der Waals surface area (Å²) in [5.41, 5.74) is 2.88. The van der Waals surface area contributed by atoms with Crippen LogP contribution < -0.4 is 0 Å². The lowest BCUT2D eigenvalue weighted by atomic mass is 9.84. The van der Waals surface area contributed by atoms with Gasteiger partial charge in [0.2, 0.25) is 5.89 Å². The van der Waals surface area contributed by atoms with Crippen molar-refractivity contribution in [2.24, 2.45) is 4.99 Å². The first-order valence-corrected chi connectivity index (χ1v) is 8.82. The summed E-state index contributed by atoms with van der Waals surface area (Å²) in [5.74, 6) is 1.22. The van der Waals surface area contributed by atoms with E-state index in [0.717, 1.165) is 48.4 Å². The maximum atomic E-state index is 13.8. The van der Waals surface area contributed by atoms with E-state index in [4.69, 9.17) is 9.68 Å². The summed E-state index contributed by atoms with van der Waals surface area (Å²) >= 11 is 0. The smallest absolute Gasteiger partial charge is 0.245 e. The van der Waals surface area contributed by atoms with Crippen LogP contribution in [0.4, 0.5) is 4.39 Å². The highest BCUT2D eigenvalue weighted by Crippen LogP contribution is 2.35. The molecule has 5 heteroatoms. The highest BCUT2D eigenvalue weighted by Gasteiger charge is 2.26. The zero-order chi connectivity index (χ0) is 17.9. The Bertz CT molecular complexity index is 962. The molecule has 2 aromatic rings. The minimum Gasteiger partial charge on any atom is -0.440 e. The summed E-state index contributed by atoms with van der Waals surface area (Å²) in [6.45, 7) is 0. The third-order valence-electron chi connectivity index (χ3n) is 4.78. The monoisotopic (exact) mass is 347 g/mol. The van der Waals surface area contributed by atoms with Crippen LogP contribution in [-0.4, -0.2) is 11.2 Å². The number of oxazole rings is 1. The van der Waals surface area contributed by atoms with E-state index in [1.807, 2.05) is 18.2 Å². The second-order valence-corrected chi connectivity index (χ2v) is 6.59. The van der Waals surface area contributed by atoms with Crippen LogP contribution in [0.1, 0.15) is 53.7 Å². The van der Waals surface area contributed by atoms with Gasteiger partial charge in [0, 0.05) is 19.1 Å². The summed E-state index contributed by atoms with van der Waals surface area (Å²) < 4.78 is 19.7. The number of halogens is 1. The first kappa shape index (κ1) is 16.5. The Morgan fingerprint density at radius 2 is 2.15 bits per heavy atom. The molecule has 1 aromatic carbocycles. The molecule has 0 saturated heterocycles. The number of allylic oxidation sites excluding steroid dienone is 3. The SMILES string of the molecule is N#Cc1cc(F)cc(C2CCc3oc(C4=CCCC=CC=N4)nc3C2)c1. The number of benzene rings is 1. The topological polar surface area (TPSA) is 62.2 Å². The normalized spacial score (nSPS) is 19.2. The number of hydrogen-bond acceptors (Lipinski definition) is 4. The highest BCUT2D eigenvalue weighted by atomic mass is 19.1. The van der Waals surface area contributed by atoms with Crippen molar-refractivity contribution >= 4 is 11.9 Å². The highest BCUT2D eigenvalue weighted by molar-refractivity contribution is 5.78. The first-order valence-electron chi connectivity index (χ1n) is 8.82. The Morgan fingerprint density at radius 1 is 1.23 bits per heavy atom. The van der Waals surface area contributed by atoms with Crippen LogP contribution in [0, 0.1) is 17.1 Å². The number of aromatic nitrogens is 1. The quantitative estimate of drug-likeness (QED) is 0.790. The molecule has 2 aliphatic rings. The predicted molar refractivity (Wildman–Crippen MR) is 97.2 cm³/mol. The molecule has 2 heterocycles. The van der Waals surface area contributed by atoms with Crippen LogP contribution in [-0.2, 0) is 12.8 Å². The standard InChI is InChI=1S/C21H18FN3O/c22-17-10-14(13-23)9-16(11-17)15-6-7-20-19(12-15)25-21(26-20)18-5-3-1-2-4-8-24-18/h2,4-5,8-11,15H,1,3,6-7,12H2. The second kappa shape index (κ2) is 7.09. The molecule has 1 aliphatic carbocycles. The molecule has 4 rings (SSSR count). The number of rotatable bonds is 2. The van der Waals surface area contributed by atoms with Crippen LogP contribution in [0.3, 0.4) is 0 Å². The van der Waals surface area contributed by atoms with Gasteiger partial charge in [0.05, 0.1) is 17.3 Å². The Labute approximate surface area is 151 Å². The van der Waals surface area contributed by atoms with Crippen LogP contribution in [0.25, 0.3) is 5.70 Å². The molecule has 130 valence electrons. The molecule has 0 saturated carbocycles. The van der Waals surface area contributed by atoms with E-state index in [2.05, 4.69) is 16.1 Å². The van der Waals surface area contributed by atoms with E-state index in [0.29, 0.717) is 17.9 Å². The van der Waals surface area contributed by atoms with Gasteiger partial charge in [0.15, 0.2) is 0 Å². The molecule has 1 aromatic heterocycles. The fourth-order valence-corrected chi connectivity index (χ4v) is 3.48. The zero-order valence-corrected chi connectivity index (χ0v) is 14.3. The fourth-order valence-electron chi connectivity index (χ4n) is 3.48. The van der Waals surface area contributed by atoms with Gasteiger partial charge in [-0.3, -0.25) is 4.99 Å². The largest absolute Gasteiger partial charge is 0.440 e. The molecule has 0 N–H and O–H groups in total. The van der Waals surface area contributed by atoms with Gasteiger partial charge in [-0.25, -0.2) is 9.37 Å². The Balaban J connectivity index is 1.60. The van der Waals surface area contributed by atoms with Gasteiger partial charge in [0.25, 0.3) is 0 Å². The third-order valence-corrected chi connectivity index (χ3v) is 4.78. The first-order chi connectivity index (χ1) is 12.7. The summed E-state index contributed by atoms with van der Waals surface area (Å²) in [7, 11) is 0. The molecule has 0 spiro atoms. The average Bonchev–Trinajstić information content (AvgIpc) is 3.03. The van der Waals surface area contributed by atoms with Crippen molar-refractivity contribution in [3.8, 4) is 6.07 Å². The Morgan fingerprint density at radius 3 is 3.04 bits per heavy atom. The van der Waals surface area contributed by atoms with E-state index >= 15 is 0 Å². The Kier molecular flexibility index (Phi) is 4.49. The van der Waals surface area contributed by atoms with E-state index in [1.165, 1.54) is 12.1 Å². The number of nitrogens with zero attached hydrogens (tertiary/aromatic N) is 3. The summed E-state index contributed by atoms with van der Waals surface area (Å²) in [6.07, 6.45) is 12.0. The van der Waals surface area contributed by atoms with Crippen molar-refractivity contribution in [2.45, 2.75) is 38.0 Å². The maximum Gasteiger partial charge on any atom is 0.245 e. The lowest BCUT2D eigenvalue weighted by Crippen LogP contribution is -2.12. The minimum absolute atomic E-state index is 0.140. The van der Waals surface area contributed by atoms with Crippen molar-refractivity contribution in [1.82, 2.24) is 4.98 Å². The zero-order valence-electron chi connectivity index (χ0n) is 14.3. The number of fused-ring (bicyclic) bond motifs is 1. The summed E-state index contributed by atoms with van der Waals surface area (Å²) in [4.78, 5) is 9.07. The molecule has 4 nitrogen and oxygen atoms in total. The van der Waals surface area contributed by atoms with Gasteiger partial charge in [-0.15, -0.1) is 0 Å². The molecular weight excluding hydrogens is 329 g/mol. The second-order valence-electron chi connectivity index (χ2n) is 6.59. The summed E-state index contributed by atoms with van der Waals surface area (Å²) in [6, 6.07) is 6.58. The van der Waals surface area contributed by atoms with Crippen LogP contribution >= 0.6 is 0 Å². The van der Waals surface area contributed by atoms with E-state index in [1.54, 1.807) is 12.3 Å². The van der Waals surface area contributed by atoms with Gasteiger partial charge in [-0.2, -0.15) is 5.26 Å². The van der Waals surface area contributed by atoms with Crippen molar-refractivity contribution in [3.05, 3.63) is 70.7 Å². The van der Waals surface area contributed by atoms with E-state index in [-0.39, 0.29) is 11.7 Å². The van der Waals surface area contributed by atoms with Gasteiger partial charge in [-0.05, 0) is 55.0 Å². The fraction of sp³-hybridized carbons (Fsp3) is 0.286. The molecule has 26 heavy (non-hydrogen) atoms. The van der Waals surface area contributed by atoms with Crippen molar-refractivity contribution < 1.29 is 8.81 Å². The van der Waals surface area contributed by atoms with E-state index in [9.17, 15) is 4.39 Å². The lowest BCUT2D eigenvalue weighted by molar-refractivity contribution is 0.449. The van der Waals surface area contributed by atoms with Crippen molar-refractivity contribution in [1.29, 1.82) is 5.26 Å². The van der Waals surface area contributed by atoms with Gasteiger partial charge < -0.3 is 4.42 Å². The number of hydrogen-bond donors (Lipinski definition) is 0. The minimum atomic E-state index is -0.368. The molecule has 1 unspecified atom stereocenters. The molecule has 0 amide bonds. The molecule has 1 atom stereocenters. The number of aliphatic imine (C=N–C) groups is 1. The van der Waals surface area contributed by atoms with Crippen LogP contribution in [0.5, 0.6) is 0 Å². The average molecular weight is 347 g/mol. The third kappa shape index (κ3) is 3.36. The molecule has 1 aliphatic heterocycles. The number of nitriles is 1. The molecule has 0 fully saturated rings. The van der Waals surface area contributed by atoms with Gasteiger partial charge in [0.1, 0.15) is 17.3 Å². The molecular formula is C21H18FN3O. The van der Waals surface area contributed by atoms with Gasteiger partial charge in [-0.1, -0.05) is 12.2 Å². The molecule has 0 radical (unpaired) electrons. The predicted octanol–water partition coefficient (Wildman–Crippen LogP) is 4.72. The lowest BCUT2D eigenvalue weighted by Gasteiger charge is -2.20. The van der Waals surface area contributed by atoms with Crippen molar-refractivity contribution in [3.63, 3.8) is 0 Å². The maximum absolute atomic E-state index is 13.8. The van der Waals surface area contributed by atoms with E-state index < -0.39 is 0 Å².